The van der Waals surface area contributed by atoms with E-state index in [0.29, 0.717) is 25.7 Å². The number of methoxy groups -OCH3 is 1. The van der Waals surface area contributed by atoms with E-state index >= 15 is 0 Å². The molecule has 2 heterocycles. The molecule has 2 aliphatic heterocycles. The fourth-order valence-corrected chi connectivity index (χ4v) is 4.51. The Kier molecular flexibility index (Phi) is 5.58. The zero-order valence-electron chi connectivity index (χ0n) is 11.6. The van der Waals surface area contributed by atoms with Crippen LogP contribution in [0.3, 0.4) is 0 Å². The Labute approximate surface area is 116 Å². The third-order valence-corrected chi connectivity index (χ3v) is 5.60. The Morgan fingerprint density at radius 1 is 1.32 bits per heavy atom. The molecule has 0 bridgehead atoms. The lowest BCUT2D eigenvalue weighted by Crippen LogP contribution is -2.55. The summed E-state index contributed by atoms with van der Waals surface area (Å²) in [5, 5.41) is 3.44. The molecule has 0 aliphatic carbocycles. The van der Waals surface area contributed by atoms with Crippen molar-refractivity contribution in [1.82, 2.24) is 14.3 Å². The van der Waals surface area contributed by atoms with Crippen LogP contribution in [0.4, 0.5) is 0 Å². The van der Waals surface area contributed by atoms with Gasteiger partial charge in [-0.2, -0.15) is 17.4 Å². The summed E-state index contributed by atoms with van der Waals surface area (Å²) in [7, 11) is -1.81. The van der Waals surface area contributed by atoms with Crippen LogP contribution < -0.4 is 10.0 Å². The first-order valence-corrected chi connectivity index (χ1v) is 8.58. The second-order valence-corrected chi connectivity index (χ2v) is 6.98. The van der Waals surface area contributed by atoms with Gasteiger partial charge in [0.2, 0.25) is 0 Å². The van der Waals surface area contributed by atoms with Gasteiger partial charge in [-0.05, 0) is 32.2 Å². The summed E-state index contributed by atoms with van der Waals surface area (Å²) in [6.07, 6.45) is 5.26. The Morgan fingerprint density at radius 2 is 2.16 bits per heavy atom. The SMILES string of the molecule is COCCNS(=O)(=O)N1CCCCC1C1CCCN1. The van der Waals surface area contributed by atoms with Crippen molar-refractivity contribution in [2.24, 2.45) is 0 Å². The average molecular weight is 291 g/mol. The molecule has 2 unspecified atom stereocenters. The highest BCUT2D eigenvalue weighted by Gasteiger charge is 2.37. The molecule has 0 aromatic carbocycles. The van der Waals surface area contributed by atoms with Gasteiger partial charge in [0, 0.05) is 32.3 Å². The molecule has 7 heteroatoms. The van der Waals surface area contributed by atoms with Crippen molar-refractivity contribution in [3.63, 3.8) is 0 Å². The molecule has 2 N–H and O–H groups in total. The molecule has 2 atom stereocenters. The number of piperidine rings is 1. The molecule has 0 aromatic rings. The molecule has 2 saturated heterocycles. The largest absolute Gasteiger partial charge is 0.383 e. The van der Waals surface area contributed by atoms with Gasteiger partial charge in [-0.15, -0.1) is 0 Å². The van der Waals surface area contributed by atoms with Crippen LogP contribution in [-0.2, 0) is 14.9 Å². The predicted molar refractivity (Wildman–Crippen MR) is 74.2 cm³/mol. The lowest BCUT2D eigenvalue weighted by atomic mass is 9.97. The highest BCUT2D eigenvalue weighted by molar-refractivity contribution is 7.87. The first-order valence-electron chi connectivity index (χ1n) is 7.14. The number of nitrogens with one attached hydrogen (secondary N) is 2. The van der Waals surface area contributed by atoms with E-state index in [4.69, 9.17) is 4.74 Å². The van der Waals surface area contributed by atoms with Crippen molar-refractivity contribution < 1.29 is 13.2 Å². The zero-order chi connectivity index (χ0) is 13.7. The predicted octanol–water partition coefficient (Wildman–Crippen LogP) is 0.0737. The monoisotopic (exact) mass is 291 g/mol. The fraction of sp³-hybridized carbons (Fsp3) is 1.00. The maximum absolute atomic E-state index is 12.4. The maximum atomic E-state index is 12.4. The van der Waals surface area contributed by atoms with Crippen LogP contribution in [0.25, 0.3) is 0 Å². The van der Waals surface area contributed by atoms with E-state index in [-0.39, 0.29) is 6.04 Å². The van der Waals surface area contributed by atoms with Crippen molar-refractivity contribution in [2.75, 3.05) is 33.4 Å². The van der Waals surface area contributed by atoms with Crippen LogP contribution in [0.2, 0.25) is 0 Å². The second-order valence-electron chi connectivity index (χ2n) is 5.27. The summed E-state index contributed by atoms with van der Waals surface area (Å²) in [6, 6.07) is 0.426. The van der Waals surface area contributed by atoms with Gasteiger partial charge in [0.15, 0.2) is 0 Å². The Bertz CT molecular complexity index is 368. The summed E-state index contributed by atoms with van der Waals surface area (Å²) in [5.41, 5.74) is 0. The quantitative estimate of drug-likeness (QED) is 0.680. The van der Waals surface area contributed by atoms with Gasteiger partial charge in [0.05, 0.1) is 6.61 Å². The van der Waals surface area contributed by atoms with Crippen molar-refractivity contribution in [3.05, 3.63) is 0 Å². The fourth-order valence-electron chi connectivity index (χ4n) is 3.03. The topological polar surface area (TPSA) is 70.7 Å². The highest BCUT2D eigenvalue weighted by atomic mass is 32.2. The smallest absolute Gasteiger partial charge is 0.279 e. The molecular formula is C12H25N3O3S. The molecule has 2 rings (SSSR count). The van der Waals surface area contributed by atoms with Crippen LogP contribution in [0.15, 0.2) is 0 Å². The van der Waals surface area contributed by atoms with Crippen molar-refractivity contribution in [3.8, 4) is 0 Å². The first kappa shape index (κ1) is 15.2. The highest BCUT2D eigenvalue weighted by Crippen LogP contribution is 2.25. The van der Waals surface area contributed by atoms with Gasteiger partial charge in [0.25, 0.3) is 10.2 Å². The van der Waals surface area contributed by atoms with E-state index in [1.54, 1.807) is 11.4 Å². The minimum absolute atomic E-state index is 0.108. The van der Waals surface area contributed by atoms with Gasteiger partial charge < -0.3 is 10.1 Å². The number of rotatable bonds is 6. The molecule has 19 heavy (non-hydrogen) atoms. The molecular weight excluding hydrogens is 266 g/mol. The molecule has 2 fully saturated rings. The molecule has 0 aromatic heterocycles. The number of hydrogen-bond acceptors (Lipinski definition) is 4. The van der Waals surface area contributed by atoms with Crippen LogP contribution in [0, 0.1) is 0 Å². The van der Waals surface area contributed by atoms with E-state index in [1.165, 1.54) is 0 Å². The average Bonchev–Trinajstić information content (AvgIpc) is 2.93. The van der Waals surface area contributed by atoms with Gasteiger partial charge in [-0.3, -0.25) is 0 Å². The maximum Gasteiger partial charge on any atom is 0.279 e. The Balaban J connectivity index is 2.01. The molecule has 2 aliphatic rings. The van der Waals surface area contributed by atoms with E-state index in [2.05, 4.69) is 10.0 Å². The molecule has 0 amide bonds. The molecule has 6 nitrogen and oxygen atoms in total. The number of hydrogen-bond donors (Lipinski definition) is 2. The summed E-state index contributed by atoms with van der Waals surface area (Å²) >= 11 is 0. The van der Waals surface area contributed by atoms with Gasteiger partial charge in [-0.25, -0.2) is 0 Å². The Morgan fingerprint density at radius 3 is 2.84 bits per heavy atom. The molecule has 0 spiro atoms. The van der Waals surface area contributed by atoms with E-state index in [0.717, 1.165) is 38.6 Å². The molecule has 0 saturated carbocycles. The van der Waals surface area contributed by atoms with E-state index < -0.39 is 10.2 Å². The van der Waals surface area contributed by atoms with E-state index in [9.17, 15) is 8.42 Å². The summed E-state index contributed by atoms with van der Waals surface area (Å²) < 4.78 is 33.9. The first-order chi connectivity index (χ1) is 9.15. The molecule has 112 valence electrons. The standard InChI is InChI=1S/C12H25N3O3S/c1-18-10-8-14-19(16,17)15-9-3-2-6-12(15)11-5-4-7-13-11/h11-14H,2-10H2,1H3. The lowest BCUT2D eigenvalue weighted by molar-refractivity contribution is 0.195. The van der Waals surface area contributed by atoms with Crippen molar-refractivity contribution in [2.45, 2.75) is 44.2 Å². The number of nitrogens with zero attached hydrogens (tertiary/aromatic N) is 1. The molecule has 0 radical (unpaired) electrons. The summed E-state index contributed by atoms with van der Waals surface area (Å²) in [5.74, 6) is 0. The third kappa shape index (κ3) is 3.88. The van der Waals surface area contributed by atoms with Gasteiger partial charge >= 0.3 is 0 Å². The van der Waals surface area contributed by atoms with Crippen molar-refractivity contribution >= 4 is 10.2 Å². The Hall–Kier alpha value is -0.210. The lowest BCUT2D eigenvalue weighted by Gasteiger charge is -2.38. The summed E-state index contributed by atoms with van der Waals surface area (Å²) in [4.78, 5) is 0. The third-order valence-electron chi connectivity index (χ3n) is 3.96. The van der Waals surface area contributed by atoms with Crippen LogP contribution in [0.5, 0.6) is 0 Å². The summed E-state index contributed by atoms with van der Waals surface area (Å²) in [6.45, 7) is 2.37. The second kappa shape index (κ2) is 6.99. The van der Waals surface area contributed by atoms with Crippen LogP contribution >= 0.6 is 0 Å². The minimum atomic E-state index is -3.38. The zero-order valence-corrected chi connectivity index (χ0v) is 12.4. The van der Waals surface area contributed by atoms with Gasteiger partial charge in [0.1, 0.15) is 0 Å². The normalized spacial score (nSPS) is 29.7. The van der Waals surface area contributed by atoms with Crippen molar-refractivity contribution in [1.29, 1.82) is 0 Å². The number of ether oxygens (including phenoxy) is 1. The van der Waals surface area contributed by atoms with Crippen LogP contribution in [-0.4, -0.2) is 58.2 Å². The van der Waals surface area contributed by atoms with Gasteiger partial charge in [-0.1, -0.05) is 6.42 Å². The minimum Gasteiger partial charge on any atom is -0.383 e. The van der Waals surface area contributed by atoms with E-state index in [1.807, 2.05) is 0 Å². The van der Waals surface area contributed by atoms with Crippen LogP contribution in [0.1, 0.15) is 32.1 Å².